The molecule has 0 atom stereocenters. The maximum Gasteiger partial charge on any atom is 0.251 e. The maximum atomic E-state index is 14.2. The summed E-state index contributed by atoms with van der Waals surface area (Å²) in [6.07, 6.45) is 4.80. The first kappa shape index (κ1) is 21.9. The minimum Gasteiger partial charge on any atom is -0.450 e. The van der Waals surface area contributed by atoms with E-state index in [-0.39, 0.29) is 28.7 Å². The van der Waals surface area contributed by atoms with Crippen LogP contribution in [0.15, 0.2) is 35.3 Å². The fourth-order valence-electron chi connectivity index (χ4n) is 3.18. The van der Waals surface area contributed by atoms with Crippen LogP contribution in [0.2, 0.25) is 0 Å². The molecule has 0 unspecified atom stereocenters. The predicted molar refractivity (Wildman–Crippen MR) is 114 cm³/mol. The van der Waals surface area contributed by atoms with Crippen LogP contribution < -0.4 is 15.0 Å². The Morgan fingerprint density at radius 2 is 1.97 bits per heavy atom. The lowest BCUT2D eigenvalue weighted by atomic mass is 10.0. The third-order valence-electron chi connectivity index (χ3n) is 4.90. The molecule has 0 amide bonds. The molecular weight excluding hydrogens is 442 g/mol. The highest BCUT2D eigenvalue weighted by Crippen LogP contribution is 2.38. The molecule has 1 fully saturated rings. The van der Waals surface area contributed by atoms with E-state index in [9.17, 15) is 22.0 Å². The Kier molecular flexibility index (Phi) is 5.68. The molecule has 2 heterocycles. The number of benzene rings is 1. The zero-order valence-corrected chi connectivity index (χ0v) is 18.1. The first-order chi connectivity index (χ1) is 15.1. The number of ether oxygens (including phenoxy) is 1. The Hall–Kier alpha value is -3.34. The largest absolute Gasteiger partial charge is 0.450 e. The van der Waals surface area contributed by atoms with Gasteiger partial charge in [-0.2, -0.15) is 0 Å². The summed E-state index contributed by atoms with van der Waals surface area (Å²) in [7, 11) is -3.67. The molecule has 168 valence electrons. The summed E-state index contributed by atoms with van der Waals surface area (Å²) in [5.41, 5.74) is 1.43. The average molecular weight is 462 g/mol. The van der Waals surface area contributed by atoms with E-state index < -0.39 is 21.7 Å². The molecule has 1 saturated carbocycles. The van der Waals surface area contributed by atoms with Gasteiger partial charge in [-0.25, -0.2) is 27.2 Å². The van der Waals surface area contributed by atoms with Gasteiger partial charge in [0.25, 0.3) is 5.56 Å². The first-order valence-corrected chi connectivity index (χ1v) is 11.7. The minimum absolute atomic E-state index is 0.0121. The number of aromatic nitrogens is 3. The first-order valence-electron chi connectivity index (χ1n) is 9.80. The number of aromatic amines is 1. The number of anilines is 1. The highest BCUT2D eigenvalue weighted by Gasteiger charge is 2.26. The van der Waals surface area contributed by atoms with Crippen molar-refractivity contribution in [1.29, 1.82) is 0 Å². The predicted octanol–water partition coefficient (Wildman–Crippen LogP) is 3.53. The van der Waals surface area contributed by atoms with Crippen molar-refractivity contribution in [3.8, 4) is 22.8 Å². The van der Waals surface area contributed by atoms with Crippen LogP contribution in [0.1, 0.15) is 24.1 Å². The van der Waals surface area contributed by atoms with Crippen LogP contribution in [-0.4, -0.2) is 29.6 Å². The van der Waals surface area contributed by atoms with E-state index in [0.29, 0.717) is 35.2 Å². The molecule has 4 rings (SSSR count). The van der Waals surface area contributed by atoms with E-state index in [1.807, 2.05) is 0 Å². The number of hydrogen-bond donors (Lipinski definition) is 2. The number of H-pyrrole nitrogens is 1. The van der Waals surface area contributed by atoms with E-state index in [1.165, 1.54) is 6.20 Å². The lowest BCUT2D eigenvalue weighted by Crippen LogP contribution is -2.15. The lowest BCUT2D eigenvalue weighted by molar-refractivity contribution is 0.436. The summed E-state index contributed by atoms with van der Waals surface area (Å²) in [5, 5.41) is 0. The molecule has 32 heavy (non-hydrogen) atoms. The summed E-state index contributed by atoms with van der Waals surface area (Å²) >= 11 is 0. The van der Waals surface area contributed by atoms with Gasteiger partial charge in [-0.1, -0.05) is 0 Å². The molecule has 11 heteroatoms. The average Bonchev–Trinajstić information content (AvgIpc) is 3.51. The van der Waals surface area contributed by atoms with E-state index in [4.69, 9.17) is 4.74 Å². The normalized spacial score (nSPS) is 13.8. The summed E-state index contributed by atoms with van der Waals surface area (Å²) < 4.78 is 58.7. The Morgan fingerprint density at radius 1 is 1.22 bits per heavy atom. The van der Waals surface area contributed by atoms with E-state index in [0.717, 1.165) is 31.2 Å². The molecule has 1 aliphatic carbocycles. The van der Waals surface area contributed by atoms with Gasteiger partial charge in [0, 0.05) is 22.9 Å². The molecular formula is C21H20F2N4O4S. The topological polar surface area (TPSA) is 114 Å². The number of hydrogen-bond acceptors (Lipinski definition) is 6. The van der Waals surface area contributed by atoms with Crippen molar-refractivity contribution in [3.05, 3.63) is 63.7 Å². The number of nitrogens with one attached hydrogen (secondary N) is 2. The number of pyridine rings is 1. The van der Waals surface area contributed by atoms with Gasteiger partial charge in [-0.05, 0) is 50.3 Å². The Labute approximate surface area is 182 Å². The second-order valence-electron chi connectivity index (χ2n) is 7.78. The summed E-state index contributed by atoms with van der Waals surface area (Å²) in [6.45, 7) is 1.63. The molecule has 0 aliphatic heterocycles. The molecule has 8 nitrogen and oxygen atoms in total. The molecule has 2 N–H and O–H groups in total. The molecule has 0 radical (unpaired) electrons. The summed E-state index contributed by atoms with van der Waals surface area (Å²) in [6, 6.07) is 4.47. The van der Waals surface area contributed by atoms with Gasteiger partial charge in [-0.15, -0.1) is 0 Å². The van der Waals surface area contributed by atoms with Crippen molar-refractivity contribution < 1.29 is 21.9 Å². The van der Waals surface area contributed by atoms with Crippen LogP contribution in [0.25, 0.3) is 11.3 Å². The van der Waals surface area contributed by atoms with Gasteiger partial charge in [0.15, 0.2) is 17.3 Å². The van der Waals surface area contributed by atoms with E-state index in [2.05, 4.69) is 19.7 Å². The van der Waals surface area contributed by atoms with Crippen LogP contribution in [-0.2, 0) is 16.4 Å². The Balaban J connectivity index is 1.87. The molecule has 0 saturated heterocycles. The van der Waals surface area contributed by atoms with E-state index >= 15 is 0 Å². The molecule has 1 aromatic carbocycles. The minimum atomic E-state index is -3.67. The van der Waals surface area contributed by atoms with Gasteiger partial charge in [0.2, 0.25) is 16.0 Å². The second-order valence-corrected chi connectivity index (χ2v) is 9.53. The SMILES string of the molecule is Cc1cc(-c2nc(NS(C)(=O)=O)ncc2Oc2ccc(F)cc2F)c(CC2CC2)[nH]c1=O. The second kappa shape index (κ2) is 8.30. The molecule has 2 aromatic heterocycles. The van der Waals surface area contributed by atoms with Gasteiger partial charge >= 0.3 is 0 Å². The van der Waals surface area contributed by atoms with Crippen LogP contribution >= 0.6 is 0 Å². The van der Waals surface area contributed by atoms with Crippen LogP contribution in [0.5, 0.6) is 11.5 Å². The van der Waals surface area contributed by atoms with Gasteiger partial charge in [0.1, 0.15) is 11.5 Å². The maximum absolute atomic E-state index is 14.2. The zero-order valence-electron chi connectivity index (χ0n) is 17.3. The number of sulfonamides is 1. The van der Waals surface area contributed by atoms with Crippen molar-refractivity contribution in [2.24, 2.45) is 5.92 Å². The van der Waals surface area contributed by atoms with Gasteiger partial charge in [0.05, 0.1) is 12.5 Å². The Bertz CT molecular complexity index is 1350. The molecule has 0 spiro atoms. The lowest BCUT2D eigenvalue weighted by Gasteiger charge is -2.15. The van der Waals surface area contributed by atoms with Gasteiger partial charge in [-0.3, -0.25) is 9.52 Å². The molecule has 0 bridgehead atoms. The van der Waals surface area contributed by atoms with Crippen LogP contribution in [0.3, 0.4) is 0 Å². The third kappa shape index (κ3) is 5.10. The number of nitrogens with zero attached hydrogens (tertiary/aromatic N) is 2. The number of halogens is 2. The highest BCUT2D eigenvalue weighted by atomic mass is 32.2. The molecule has 1 aliphatic rings. The fraction of sp³-hybridized carbons (Fsp3) is 0.286. The smallest absolute Gasteiger partial charge is 0.251 e. The number of aryl methyl sites for hydroxylation is 1. The van der Waals surface area contributed by atoms with E-state index in [1.54, 1.807) is 13.0 Å². The summed E-state index contributed by atoms with van der Waals surface area (Å²) in [4.78, 5) is 23.3. The standard InChI is InChI=1S/C21H20F2N4O4S/c1-11-7-14(16(25-20(11)28)8-12-3-4-12)19-18(10-24-21(26-19)27-32(2,29)30)31-17-6-5-13(22)9-15(17)23/h5-7,9-10,12H,3-4,8H2,1-2H3,(H,25,28)(H,24,26,27). The highest BCUT2D eigenvalue weighted by molar-refractivity contribution is 7.91. The quantitative estimate of drug-likeness (QED) is 0.555. The molecule has 3 aromatic rings. The van der Waals surface area contributed by atoms with Crippen LogP contribution in [0.4, 0.5) is 14.7 Å². The summed E-state index contributed by atoms with van der Waals surface area (Å²) in [5.74, 6) is -1.73. The van der Waals surface area contributed by atoms with Crippen molar-refractivity contribution in [1.82, 2.24) is 15.0 Å². The fourth-order valence-corrected chi connectivity index (χ4v) is 3.61. The van der Waals surface area contributed by atoms with Crippen molar-refractivity contribution in [3.63, 3.8) is 0 Å². The van der Waals surface area contributed by atoms with Crippen LogP contribution in [0, 0.1) is 24.5 Å². The number of rotatable bonds is 7. The van der Waals surface area contributed by atoms with Crippen molar-refractivity contribution >= 4 is 16.0 Å². The van der Waals surface area contributed by atoms with Gasteiger partial charge < -0.3 is 9.72 Å². The van der Waals surface area contributed by atoms with Crippen molar-refractivity contribution in [2.45, 2.75) is 26.2 Å². The third-order valence-corrected chi connectivity index (χ3v) is 5.45. The van der Waals surface area contributed by atoms with Crippen molar-refractivity contribution in [2.75, 3.05) is 11.0 Å². The monoisotopic (exact) mass is 462 g/mol. The zero-order chi connectivity index (χ0) is 23.0. The Morgan fingerprint density at radius 3 is 2.62 bits per heavy atom.